The van der Waals surface area contributed by atoms with E-state index in [1.54, 1.807) is 0 Å². The number of carboxylic acid groups (broad SMARTS) is 1. The molecule has 0 saturated carbocycles. The van der Waals surface area contributed by atoms with Gasteiger partial charge in [-0.3, -0.25) is 14.4 Å². The average Bonchev–Trinajstić information content (AvgIpc) is 3.35. The molecule has 3 N–H and O–H groups in total. The van der Waals surface area contributed by atoms with Crippen molar-refractivity contribution in [1.29, 1.82) is 0 Å². The monoisotopic (exact) mass is 997 g/mol. The van der Waals surface area contributed by atoms with Crippen LogP contribution in [0.15, 0.2) is 85.1 Å². The third-order valence-corrected chi connectivity index (χ3v) is 11.9. The van der Waals surface area contributed by atoms with E-state index in [-0.39, 0.29) is 25.9 Å². The van der Waals surface area contributed by atoms with Crippen molar-refractivity contribution < 1.29 is 58.2 Å². The van der Waals surface area contributed by atoms with Gasteiger partial charge in [0.25, 0.3) is 0 Å². The summed E-state index contributed by atoms with van der Waals surface area (Å²) in [5.74, 6) is -3.26. The van der Waals surface area contributed by atoms with Crippen molar-refractivity contribution in [3.63, 3.8) is 0 Å². The van der Waals surface area contributed by atoms with Gasteiger partial charge in [0.1, 0.15) is 18.8 Å². The number of carbonyl (C=O) groups excluding carboxylic acids is 3. The van der Waals surface area contributed by atoms with E-state index in [9.17, 15) is 34.5 Å². The molecule has 0 aromatic carbocycles. The standard InChI is InChI=1S/C59H96O12/c1-4-7-10-13-16-19-22-24-25-26-27-29-32-35-38-41-44-47-53(62)70-57-55(64)54(63)56(58(65)66)71-59(57)68-49-50(69-52(61)46-43-40-37-34-30-21-18-15-12-9-6-3)48-67-51(60)45-42-39-36-33-31-28-23-20-17-14-11-8-5-2/h8,11,15-20,24-25,28,31,36,39,50,54-57,59,63-64H,4-7,9-10,12-14,21-23,26-27,29-30,32-35,37-38,40-49H2,1-3H3,(H,65,66)/b11-8-,18-15-,19-16-,20-17-,25-24-,31-28-,39-36-. The molecule has 404 valence electrons. The molecule has 12 nitrogen and oxygen atoms in total. The molecule has 1 aliphatic heterocycles. The SMILES string of the molecule is CC/C=C\C/C=C\C/C=C\C/C=C\CCC(=O)OCC(COC1OC(C(=O)O)C(O)C(O)C1OC(=O)CCCCCCCCC/C=C\C/C=C\CCCCC)OC(=O)CCCCCCC/C=C\CCCC. The number of aliphatic hydroxyl groups is 2. The van der Waals surface area contributed by atoms with E-state index in [0.717, 1.165) is 122 Å². The predicted octanol–water partition coefficient (Wildman–Crippen LogP) is 13.6. The highest BCUT2D eigenvalue weighted by molar-refractivity contribution is 5.74. The first-order valence-corrected chi connectivity index (χ1v) is 27.6. The van der Waals surface area contributed by atoms with E-state index in [2.05, 4.69) is 93.7 Å². The van der Waals surface area contributed by atoms with Gasteiger partial charge in [0, 0.05) is 19.3 Å². The van der Waals surface area contributed by atoms with Gasteiger partial charge >= 0.3 is 23.9 Å². The minimum absolute atomic E-state index is 0.0411. The molecular formula is C59H96O12. The molecule has 6 unspecified atom stereocenters. The fourth-order valence-electron chi connectivity index (χ4n) is 7.69. The van der Waals surface area contributed by atoms with Crippen molar-refractivity contribution in [3.05, 3.63) is 85.1 Å². The summed E-state index contributed by atoms with van der Waals surface area (Å²) < 4.78 is 28.2. The summed E-state index contributed by atoms with van der Waals surface area (Å²) in [6, 6.07) is 0. The van der Waals surface area contributed by atoms with E-state index in [1.165, 1.54) is 32.1 Å². The van der Waals surface area contributed by atoms with Crippen LogP contribution in [0.5, 0.6) is 0 Å². The Kier molecular flexibility index (Phi) is 42.9. The predicted molar refractivity (Wildman–Crippen MR) is 284 cm³/mol. The average molecular weight is 997 g/mol. The zero-order valence-electron chi connectivity index (χ0n) is 44.2. The lowest BCUT2D eigenvalue weighted by Crippen LogP contribution is -2.61. The minimum Gasteiger partial charge on any atom is -0.479 e. The van der Waals surface area contributed by atoms with Gasteiger partial charge < -0.3 is 39.0 Å². The van der Waals surface area contributed by atoms with Crippen LogP contribution in [0, 0.1) is 0 Å². The maximum Gasteiger partial charge on any atom is 0.335 e. The molecule has 0 aromatic rings. The summed E-state index contributed by atoms with van der Waals surface area (Å²) >= 11 is 0. The molecule has 6 atom stereocenters. The highest BCUT2D eigenvalue weighted by Crippen LogP contribution is 2.26. The van der Waals surface area contributed by atoms with Crippen LogP contribution in [-0.4, -0.2) is 89.2 Å². The second-order valence-electron chi connectivity index (χ2n) is 18.5. The van der Waals surface area contributed by atoms with Gasteiger partial charge in [0.15, 0.2) is 24.6 Å². The van der Waals surface area contributed by atoms with Gasteiger partial charge in [-0.1, -0.05) is 183 Å². The Morgan fingerprint density at radius 3 is 1.46 bits per heavy atom. The molecule has 71 heavy (non-hydrogen) atoms. The summed E-state index contributed by atoms with van der Waals surface area (Å²) in [5.41, 5.74) is 0. The second kappa shape index (κ2) is 46.9. The number of allylic oxidation sites excluding steroid dienone is 14. The van der Waals surface area contributed by atoms with Crippen LogP contribution in [0.3, 0.4) is 0 Å². The smallest absolute Gasteiger partial charge is 0.335 e. The van der Waals surface area contributed by atoms with Gasteiger partial charge in [0.05, 0.1) is 6.61 Å². The van der Waals surface area contributed by atoms with Gasteiger partial charge in [-0.2, -0.15) is 0 Å². The van der Waals surface area contributed by atoms with Gasteiger partial charge in [-0.25, -0.2) is 4.79 Å². The zero-order chi connectivity index (χ0) is 51.8. The number of unbranched alkanes of at least 4 members (excludes halogenated alkanes) is 17. The number of rotatable bonds is 45. The third kappa shape index (κ3) is 37.3. The summed E-state index contributed by atoms with van der Waals surface area (Å²) in [4.78, 5) is 50.9. The first-order chi connectivity index (χ1) is 34.6. The first kappa shape index (κ1) is 64.9. The van der Waals surface area contributed by atoms with E-state index in [4.69, 9.17) is 23.7 Å². The van der Waals surface area contributed by atoms with E-state index in [0.29, 0.717) is 19.3 Å². The molecule has 1 aliphatic rings. The number of ether oxygens (including phenoxy) is 5. The molecule has 1 fully saturated rings. The van der Waals surface area contributed by atoms with Crippen molar-refractivity contribution >= 4 is 23.9 Å². The summed E-state index contributed by atoms with van der Waals surface area (Å²) in [6.07, 6.45) is 47.2. The lowest BCUT2D eigenvalue weighted by atomic mass is 9.98. The maximum atomic E-state index is 13.1. The molecule has 0 bridgehead atoms. The molecule has 0 amide bonds. The summed E-state index contributed by atoms with van der Waals surface area (Å²) in [5, 5.41) is 31.4. The molecule has 12 heteroatoms. The number of aliphatic carboxylic acids is 1. The maximum absolute atomic E-state index is 13.1. The lowest BCUT2D eigenvalue weighted by Gasteiger charge is -2.40. The van der Waals surface area contributed by atoms with Crippen LogP contribution in [0.1, 0.15) is 213 Å². The molecule has 0 spiro atoms. The summed E-state index contributed by atoms with van der Waals surface area (Å²) in [6.45, 7) is 5.71. The zero-order valence-corrected chi connectivity index (χ0v) is 44.2. The molecule has 1 rings (SSSR count). The largest absolute Gasteiger partial charge is 0.479 e. The Bertz CT molecular complexity index is 1560. The van der Waals surface area contributed by atoms with E-state index < -0.39 is 67.3 Å². The Morgan fingerprint density at radius 1 is 0.479 bits per heavy atom. The van der Waals surface area contributed by atoms with Gasteiger partial charge in [0.2, 0.25) is 0 Å². The topological polar surface area (TPSA) is 175 Å². The molecule has 0 aliphatic carbocycles. The number of esters is 3. The minimum atomic E-state index is -1.92. The van der Waals surface area contributed by atoms with Crippen LogP contribution in [0.25, 0.3) is 0 Å². The summed E-state index contributed by atoms with van der Waals surface area (Å²) in [7, 11) is 0. The third-order valence-electron chi connectivity index (χ3n) is 11.9. The van der Waals surface area contributed by atoms with Crippen molar-refractivity contribution in [2.45, 2.75) is 250 Å². The van der Waals surface area contributed by atoms with E-state index >= 15 is 0 Å². The Morgan fingerprint density at radius 2 is 0.930 bits per heavy atom. The van der Waals surface area contributed by atoms with Crippen LogP contribution < -0.4 is 0 Å². The molecule has 1 saturated heterocycles. The number of carboxylic acids is 1. The normalized spacial score (nSPS) is 19.1. The molecular weight excluding hydrogens is 901 g/mol. The Balaban J connectivity index is 2.74. The quantitative estimate of drug-likeness (QED) is 0.0228. The van der Waals surface area contributed by atoms with Crippen LogP contribution >= 0.6 is 0 Å². The molecule has 1 heterocycles. The molecule has 0 aromatic heterocycles. The van der Waals surface area contributed by atoms with Crippen LogP contribution in [0.2, 0.25) is 0 Å². The van der Waals surface area contributed by atoms with Crippen LogP contribution in [-0.2, 0) is 42.9 Å². The first-order valence-electron chi connectivity index (χ1n) is 27.6. The van der Waals surface area contributed by atoms with Crippen molar-refractivity contribution in [2.75, 3.05) is 13.2 Å². The number of hydrogen-bond acceptors (Lipinski definition) is 11. The number of aliphatic hydroxyl groups excluding tert-OH is 2. The van der Waals surface area contributed by atoms with Crippen molar-refractivity contribution in [2.24, 2.45) is 0 Å². The fraction of sp³-hybridized carbons (Fsp3) is 0.695. The van der Waals surface area contributed by atoms with Crippen molar-refractivity contribution in [1.82, 2.24) is 0 Å². The number of hydrogen-bond donors (Lipinski definition) is 3. The van der Waals surface area contributed by atoms with E-state index in [1.807, 2.05) is 12.2 Å². The Labute approximate surface area is 429 Å². The fourth-order valence-corrected chi connectivity index (χ4v) is 7.69. The Hall–Kier alpha value is -4.10. The molecule has 0 radical (unpaired) electrons. The van der Waals surface area contributed by atoms with Gasteiger partial charge in [-0.15, -0.1) is 0 Å². The second-order valence-corrected chi connectivity index (χ2v) is 18.5. The van der Waals surface area contributed by atoms with Crippen molar-refractivity contribution in [3.8, 4) is 0 Å². The lowest BCUT2D eigenvalue weighted by molar-refractivity contribution is -0.301. The van der Waals surface area contributed by atoms with Crippen LogP contribution in [0.4, 0.5) is 0 Å². The highest BCUT2D eigenvalue weighted by atomic mass is 16.7. The number of carbonyl (C=O) groups is 4. The highest BCUT2D eigenvalue weighted by Gasteiger charge is 2.50. The van der Waals surface area contributed by atoms with Gasteiger partial charge in [-0.05, 0) is 96.3 Å².